The Bertz CT molecular complexity index is 1230. The number of hydrogen-bond donors (Lipinski definition) is 2. The largest absolute Gasteiger partial charge is 0.493 e. The molecule has 1 aromatic carbocycles. The number of fused-ring (bicyclic) bond motifs is 1. The van der Waals surface area contributed by atoms with E-state index in [0.717, 1.165) is 67.4 Å². The van der Waals surface area contributed by atoms with Gasteiger partial charge in [0, 0.05) is 62.8 Å². The Morgan fingerprint density at radius 3 is 2.55 bits per heavy atom. The number of anilines is 3. The van der Waals surface area contributed by atoms with E-state index >= 15 is 0 Å². The number of aromatic amines is 1. The second-order valence-electron chi connectivity index (χ2n) is 11.0. The Labute approximate surface area is 233 Å². The summed E-state index contributed by atoms with van der Waals surface area (Å²) in [6.07, 6.45) is 9.54. The van der Waals surface area contributed by atoms with Crippen LogP contribution in [0.5, 0.6) is 5.75 Å². The van der Waals surface area contributed by atoms with E-state index in [2.05, 4.69) is 75.2 Å². The highest BCUT2D eigenvalue weighted by Crippen LogP contribution is 2.35. The molecule has 2 aromatic heterocycles. The molecule has 6 rings (SSSR count). The number of nitrogens with one attached hydrogen (secondary N) is 2. The van der Waals surface area contributed by atoms with Crippen molar-refractivity contribution in [3.63, 3.8) is 0 Å². The summed E-state index contributed by atoms with van der Waals surface area (Å²) in [6.45, 7) is 11.2. The summed E-state index contributed by atoms with van der Waals surface area (Å²) in [5, 5.41) is 12.0. The Morgan fingerprint density at radius 1 is 1.00 bits per heavy atom. The summed E-state index contributed by atoms with van der Waals surface area (Å²) in [4.78, 5) is 16.3. The summed E-state index contributed by atoms with van der Waals surface area (Å²) in [7, 11) is 0. The zero-order valence-electron chi connectivity index (χ0n) is 22.4. The second-order valence-corrected chi connectivity index (χ2v) is 11.8. The van der Waals surface area contributed by atoms with Gasteiger partial charge in [0.15, 0.2) is 5.65 Å². The molecule has 38 heavy (non-hydrogen) atoms. The van der Waals surface area contributed by atoms with Crippen LogP contribution < -0.4 is 19.9 Å². The smallest absolute Gasteiger partial charge is 0.187 e. The van der Waals surface area contributed by atoms with Gasteiger partial charge in [0.25, 0.3) is 0 Å². The van der Waals surface area contributed by atoms with E-state index in [1.54, 1.807) is 6.33 Å². The first kappa shape index (κ1) is 25.7. The van der Waals surface area contributed by atoms with Crippen molar-refractivity contribution in [3.05, 3.63) is 28.6 Å². The van der Waals surface area contributed by atoms with Crippen molar-refractivity contribution in [2.24, 2.45) is 5.92 Å². The fourth-order valence-corrected chi connectivity index (χ4v) is 6.66. The van der Waals surface area contributed by atoms with Crippen molar-refractivity contribution < 1.29 is 4.74 Å². The number of hydrogen-bond acceptors (Lipinski definition) is 8. The number of H-pyrrole nitrogens is 1. The van der Waals surface area contributed by atoms with E-state index in [9.17, 15) is 0 Å². The van der Waals surface area contributed by atoms with Gasteiger partial charge in [0.2, 0.25) is 0 Å². The maximum atomic E-state index is 6.42. The molecule has 3 aromatic rings. The minimum Gasteiger partial charge on any atom is -0.493 e. The third-order valence-corrected chi connectivity index (χ3v) is 9.04. The van der Waals surface area contributed by atoms with Crippen molar-refractivity contribution in [2.45, 2.75) is 45.4 Å². The number of ether oxygens (including phenoxy) is 1. The lowest BCUT2D eigenvalue weighted by Crippen LogP contribution is -2.47. The number of rotatable bonds is 9. The second kappa shape index (κ2) is 11.7. The molecule has 0 unspecified atom stereocenters. The lowest BCUT2D eigenvalue weighted by molar-refractivity contribution is 0.252. The SMILES string of the molecule is Cc1c(NCCN2CCCC2)cc(OCC2CCCC2)cc1N1CCN(c2ncnc3n[nH]c(Br)c23)CC1. The number of halogens is 1. The molecule has 10 heteroatoms. The topological polar surface area (TPSA) is 85.4 Å². The Kier molecular flexibility index (Phi) is 7.87. The monoisotopic (exact) mass is 582 g/mol. The van der Waals surface area contributed by atoms with Gasteiger partial charge in [-0.25, -0.2) is 9.97 Å². The van der Waals surface area contributed by atoms with Crippen molar-refractivity contribution in [1.82, 2.24) is 25.1 Å². The van der Waals surface area contributed by atoms with Crippen LogP contribution in [0.15, 0.2) is 23.1 Å². The normalized spacial score (nSPS) is 19.1. The van der Waals surface area contributed by atoms with Crippen LogP contribution in [-0.4, -0.2) is 84.0 Å². The third kappa shape index (κ3) is 5.57. The molecule has 204 valence electrons. The van der Waals surface area contributed by atoms with Crippen LogP contribution >= 0.6 is 15.9 Å². The number of aromatic nitrogens is 4. The van der Waals surface area contributed by atoms with Crippen molar-refractivity contribution >= 4 is 44.2 Å². The van der Waals surface area contributed by atoms with Crippen LogP contribution in [0.2, 0.25) is 0 Å². The van der Waals surface area contributed by atoms with E-state index in [1.165, 1.54) is 68.6 Å². The first-order valence-electron chi connectivity index (χ1n) is 14.2. The highest BCUT2D eigenvalue weighted by Gasteiger charge is 2.25. The van der Waals surface area contributed by atoms with Crippen molar-refractivity contribution in [2.75, 3.05) is 74.1 Å². The quantitative estimate of drug-likeness (QED) is 0.371. The summed E-state index contributed by atoms with van der Waals surface area (Å²) >= 11 is 3.58. The van der Waals surface area contributed by atoms with Crippen LogP contribution in [0.25, 0.3) is 11.0 Å². The van der Waals surface area contributed by atoms with Crippen LogP contribution in [0.3, 0.4) is 0 Å². The number of piperazine rings is 1. The maximum Gasteiger partial charge on any atom is 0.187 e. The summed E-state index contributed by atoms with van der Waals surface area (Å²) in [5.74, 6) is 2.62. The molecule has 0 amide bonds. The molecule has 3 aliphatic rings. The zero-order chi connectivity index (χ0) is 25.9. The fourth-order valence-electron chi connectivity index (χ4n) is 6.22. The van der Waals surface area contributed by atoms with Gasteiger partial charge < -0.3 is 24.8 Å². The Balaban J connectivity index is 1.18. The number of likely N-dealkylation sites (tertiary alicyclic amines) is 1. The van der Waals surface area contributed by atoms with E-state index in [0.29, 0.717) is 11.6 Å². The first-order chi connectivity index (χ1) is 18.7. The predicted octanol–water partition coefficient (Wildman–Crippen LogP) is 4.83. The maximum absolute atomic E-state index is 6.42. The lowest BCUT2D eigenvalue weighted by Gasteiger charge is -2.38. The van der Waals surface area contributed by atoms with Crippen LogP contribution in [-0.2, 0) is 0 Å². The predicted molar refractivity (Wildman–Crippen MR) is 157 cm³/mol. The molecular formula is C28H39BrN8O. The molecule has 3 fully saturated rings. The van der Waals surface area contributed by atoms with Crippen LogP contribution in [0.4, 0.5) is 17.2 Å². The molecule has 1 saturated carbocycles. The Morgan fingerprint density at radius 2 is 1.76 bits per heavy atom. The van der Waals surface area contributed by atoms with E-state index in [-0.39, 0.29) is 0 Å². The highest BCUT2D eigenvalue weighted by atomic mass is 79.9. The molecule has 2 aliphatic heterocycles. The summed E-state index contributed by atoms with van der Waals surface area (Å²) in [6, 6.07) is 4.49. The number of nitrogens with zero attached hydrogens (tertiary/aromatic N) is 6. The molecule has 1 aliphatic carbocycles. The molecule has 0 radical (unpaired) electrons. The fraction of sp³-hybridized carbons (Fsp3) is 0.607. The van der Waals surface area contributed by atoms with Gasteiger partial charge in [-0.2, -0.15) is 5.10 Å². The van der Waals surface area contributed by atoms with Gasteiger partial charge in [-0.3, -0.25) is 5.10 Å². The molecular weight excluding hydrogens is 544 g/mol. The van der Waals surface area contributed by atoms with Gasteiger partial charge >= 0.3 is 0 Å². The van der Waals surface area contributed by atoms with Crippen LogP contribution in [0.1, 0.15) is 44.1 Å². The average Bonchev–Trinajstić information content (AvgIpc) is 3.72. The molecule has 2 N–H and O–H groups in total. The number of benzene rings is 1. The average molecular weight is 584 g/mol. The molecule has 4 heterocycles. The minimum absolute atomic E-state index is 0.692. The van der Waals surface area contributed by atoms with Gasteiger partial charge in [-0.15, -0.1) is 0 Å². The third-order valence-electron chi connectivity index (χ3n) is 8.46. The van der Waals surface area contributed by atoms with Gasteiger partial charge in [0.1, 0.15) is 22.5 Å². The summed E-state index contributed by atoms with van der Waals surface area (Å²) in [5.41, 5.74) is 4.46. The molecule has 0 bridgehead atoms. The lowest BCUT2D eigenvalue weighted by atomic mass is 10.1. The summed E-state index contributed by atoms with van der Waals surface area (Å²) < 4.78 is 7.25. The van der Waals surface area contributed by atoms with Gasteiger partial charge in [-0.05, 0) is 73.1 Å². The highest BCUT2D eigenvalue weighted by molar-refractivity contribution is 9.10. The molecule has 0 spiro atoms. The Hall–Kier alpha value is -2.59. The standard InChI is InChI=1S/C28H39BrN8O/c1-20-23(30-8-11-35-9-4-5-10-35)16-22(38-18-21-6-2-3-7-21)17-24(20)36-12-14-37(15-13-36)28-25-26(29)33-34-27(25)31-19-32-28/h16-17,19,21,30H,2-15,18H2,1H3,(H,31,32,33,34). The van der Waals surface area contributed by atoms with E-state index < -0.39 is 0 Å². The van der Waals surface area contributed by atoms with Crippen LogP contribution in [0, 0.1) is 12.8 Å². The van der Waals surface area contributed by atoms with E-state index in [1.807, 2.05) is 0 Å². The zero-order valence-corrected chi connectivity index (χ0v) is 24.0. The van der Waals surface area contributed by atoms with E-state index in [4.69, 9.17) is 4.74 Å². The molecule has 2 saturated heterocycles. The van der Waals surface area contributed by atoms with Crippen molar-refractivity contribution in [1.29, 1.82) is 0 Å². The molecule has 0 atom stereocenters. The first-order valence-corrected chi connectivity index (χ1v) is 15.0. The molecule has 9 nitrogen and oxygen atoms in total. The van der Waals surface area contributed by atoms with Gasteiger partial charge in [0.05, 0.1) is 12.0 Å². The van der Waals surface area contributed by atoms with Gasteiger partial charge in [-0.1, -0.05) is 12.8 Å². The minimum atomic E-state index is 0.692. The van der Waals surface area contributed by atoms with Crippen molar-refractivity contribution in [3.8, 4) is 5.75 Å².